The first kappa shape index (κ1) is 21.5. The van der Waals surface area contributed by atoms with Gasteiger partial charge in [-0.15, -0.1) is 0 Å². The lowest BCUT2D eigenvalue weighted by Crippen LogP contribution is -2.43. The highest BCUT2D eigenvalue weighted by Gasteiger charge is 2.39. The number of carbonyl (C=O) groups is 1. The molecular formula is C18H30O6Si. The van der Waals surface area contributed by atoms with Crippen molar-refractivity contribution >= 4 is 14.3 Å². The van der Waals surface area contributed by atoms with E-state index in [-0.39, 0.29) is 5.04 Å². The number of aliphatic hydroxyl groups is 1. The Balaban J connectivity index is 3.16. The first-order valence-corrected chi connectivity index (χ1v) is 11.0. The zero-order valence-electron chi connectivity index (χ0n) is 16.4. The van der Waals surface area contributed by atoms with Gasteiger partial charge < -0.3 is 23.7 Å². The molecule has 25 heavy (non-hydrogen) atoms. The number of benzene rings is 1. The lowest BCUT2D eigenvalue weighted by Gasteiger charge is -2.36. The molecule has 0 aliphatic carbocycles. The third-order valence-corrected chi connectivity index (χ3v) is 9.04. The molecule has 0 radical (unpaired) electrons. The second kappa shape index (κ2) is 8.20. The molecular weight excluding hydrogens is 340 g/mol. The van der Waals surface area contributed by atoms with Crippen LogP contribution in [0.15, 0.2) is 18.2 Å². The van der Waals surface area contributed by atoms with Crippen molar-refractivity contribution < 1.29 is 28.5 Å². The Morgan fingerprint density at radius 3 is 2.20 bits per heavy atom. The SMILES string of the molecule is COC(=O)C(OC)C(O)c1ccc(O[Si](C)(C)C(C)(C)C)cc1OC. The van der Waals surface area contributed by atoms with Crippen molar-refractivity contribution in [2.45, 2.75) is 51.1 Å². The fraction of sp³-hybridized carbons (Fsp3) is 0.611. The standard InChI is InChI=1S/C18H30O6Si/c1-18(2,3)25(7,8)24-12-9-10-13(14(11-12)21-4)15(19)16(22-5)17(20)23-6/h9-11,15-16,19H,1-8H3. The van der Waals surface area contributed by atoms with Crippen LogP contribution in [-0.2, 0) is 14.3 Å². The number of ether oxygens (including phenoxy) is 3. The van der Waals surface area contributed by atoms with E-state index in [1.807, 2.05) is 0 Å². The zero-order valence-corrected chi connectivity index (χ0v) is 17.4. The lowest BCUT2D eigenvalue weighted by molar-refractivity contribution is -0.159. The van der Waals surface area contributed by atoms with E-state index in [1.54, 1.807) is 18.2 Å². The summed E-state index contributed by atoms with van der Waals surface area (Å²) in [7, 11) is 2.09. The molecule has 0 amide bonds. The summed E-state index contributed by atoms with van der Waals surface area (Å²) in [4.78, 5) is 11.8. The van der Waals surface area contributed by atoms with Crippen molar-refractivity contribution in [3.8, 4) is 11.5 Å². The summed E-state index contributed by atoms with van der Waals surface area (Å²) in [6, 6.07) is 5.18. The highest BCUT2D eigenvalue weighted by Crippen LogP contribution is 2.39. The van der Waals surface area contributed by atoms with Gasteiger partial charge in [0.05, 0.1) is 14.2 Å². The van der Waals surface area contributed by atoms with Gasteiger partial charge in [-0.1, -0.05) is 20.8 Å². The van der Waals surface area contributed by atoms with Crippen LogP contribution in [-0.4, -0.2) is 46.8 Å². The summed E-state index contributed by atoms with van der Waals surface area (Å²) in [5, 5.41) is 10.6. The fourth-order valence-corrected chi connectivity index (χ4v) is 3.10. The number of rotatable bonds is 7. The smallest absolute Gasteiger partial charge is 0.338 e. The average Bonchev–Trinajstić information content (AvgIpc) is 2.53. The highest BCUT2D eigenvalue weighted by molar-refractivity contribution is 6.74. The van der Waals surface area contributed by atoms with Crippen LogP contribution in [0.2, 0.25) is 18.1 Å². The third kappa shape index (κ3) is 4.96. The third-order valence-electron chi connectivity index (χ3n) is 4.68. The maximum atomic E-state index is 11.8. The van der Waals surface area contributed by atoms with Crippen molar-refractivity contribution in [1.82, 2.24) is 0 Å². The molecule has 0 bridgehead atoms. The molecule has 0 spiro atoms. The van der Waals surface area contributed by atoms with E-state index in [9.17, 15) is 9.90 Å². The van der Waals surface area contributed by atoms with Crippen LogP contribution < -0.4 is 9.16 Å². The van der Waals surface area contributed by atoms with Crippen molar-refractivity contribution in [1.29, 1.82) is 0 Å². The van der Waals surface area contributed by atoms with Crippen molar-refractivity contribution in [3.05, 3.63) is 23.8 Å². The van der Waals surface area contributed by atoms with Crippen LogP contribution >= 0.6 is 0 Å². The van der Waals surface area contributed by atoms with Crippen LogP contribution in [0.1, 0.15) is 32.4 Å². The van der Waals surface area contributed by atoms with Gasteiger partial charge >= 0.3 is 5.97 Å². The topological polar surface area (TPSA) is 74.2 Å². The summed E-state index contributed by atoms with van der Waals surface area (Å²) < 4.78 is 21.4. The average molecular weight is 371 g/mol. The Labute approximate surface area is 151 Å². The first-order valence-electron chi connectivity index (χ1n) is 8.14. The number of methoxy groups -OCH3 is 3. The highest BCUT2D eigenvalue weighted by atomic mass is 28.4. The molecule has 1 aromatic carbocycles. The van der Waals surface area contributed by atoms with E-state index >= 15 is 0 Å². The minimum Gasteiger partial charge on any atom is -0.543 e. The maximum absolute atomic E-state index is 11.8. The van der Waals surface area contributed by atoms with E-state index in [0.29, 0.717) is 17.1 Å². The second-order valence-corrected chi connectivity index (χ2v) is 12.1. The van der Waals surface area contributed by atoms with E-state index < -0.39 is 26.5 Å². The molecule has 7 heteroatoms. The molecule has 6 nitrogen and oxygen atoms in total. The monoisotopic (exact) mass is 370 g/mol. The molecule has 0 saturated heterocycles. The number of esters is 1. The van der Waals surface area contributed by atoms with Gasteiger partial charge in [0.1, 0.15) is 17.6 Å². The van der Waals surface area contributed by atoms with Gasteiger partial charge in [-0.25, -0.2) is 4.79 Å². The summed E-state index contributed by atoms with van der Waals surface area (Å²) in [5.74, 6) is 0.444. The number of hydrogen-bond acceptors (Lipinski definition) is 6. The predicted molar refractivity (Wildman–Crippen MR) is 98.6 cm³/mol. The van der Waals surface area contributed by atoms with E-state index in [0.717, 1.165) is 0 Å². The molecule has 0 saturated carbocycles. The van der Waals surface area contributed by atoms with Gasteiger partial charge in [0, 0.05) is 18.7 Å². The Bertz CT molecular complexity index is 594. The minimum atomic E-state index is -2.00. The number of hydrogen-bond donors (Lipinski definition) is 1. The Morgan fingerprint density at radius 2 is 1.76 bits per heavy atom. The van der Waals surface area contributed by atoms with Gasteiger partial charge in [0.25, 0.3) is 0 Å². The number of aliphatic hydroxyl groups excluding tert-OH is 1. The van der Waals surface area contributed by atoms with Gasteiger partial charge in [-0.05, 0) is 30.3 Å². The molecule has 142 valence electrons. The van der Waals surface area contributed by atoms with Crippen LogP contribution in [0.3, 0.4) is 0 Å². The fourth-order valence-electron chi connectivity index (χ4n) is 2.08. The summed E-state index contributed by atoms with van der Waals surface area (Å²) >= 11 is 0. The van der Waals surface area contributed by atoms with Crippen LogP contribution in [0.4, 0.5) is 0 Å². The molecule has 0 aromatic heterocycles. The summed E-state index contributed by atoms with van der Waals surface area (Å²) in [6.45, 7) is 10.8. The molecule has 1 rings (SSSR count). The van der Waals surface area contributed by atoms with E-state index in [1.165, 1.54) is 21.3 Å². The van der Waals surface area contributed by atoms with Crippen molar-refractivity contribution in [2.24, 2.45) is 0 Å². The molecule has 2 unspecified atom stereocenters. The van der Waals surface area contributed by atoms with Crippen molar-refractivity contribution in [2.75, 3.05) is 21.3 Å². The largest absolute Gasteiger partial charge is 0.543 e. The van der Waals surface area contributed by atoms with Crippen LogP contribution in [0.25, 0.3) is 0 Å². The van der Waals surface area contributed by atoms with Crippen LogP contribution in [0.5, 0.6) is 11.5 Å². The van der Waals surface area contributed by atoms with Gasteiger partial charge in [0.15, 0.2) is 6.10 Å². The molecule has 1 N–H and O–H groups in total. The van der Waals surface area contributed by atoms with Crippen LogP contribution in [0, 0.1) is 0 Å². The minimum absolute atomic E-state index is 0.0600. The maximum Gasteiger partial charge on any atom is 0.338 e. The molecule has 0 fully saturated rings. The Hall–Kier alpha value is -1.57. The summed E-state index contributed by atoms with van der Waals surface area (Å²) in [6.07, 6.45) is -2.35. The normalized spacial score (nSPS) is 14.6. The molecule has 2 atom stereocenters. The van der Waals surface area contributed by atoms with Gasteiger partial charge in [-0.2, -0.15) is 0 Å². The molecule has 0 aliphatic heterocycles. The first-order chi connectivity index (χ1) is 11.5. The van der Waals surface area contributed by atoms with Crippen molar-refractivity contribution in [3.63, 3.8) is 0 Å². The molecule has 0 aliphatic rings. The summed E-state index contributed by atoms with van der Waals surface area (Å²) in [5.41, 5.74) is 0.433. The molecule has 1 aromatic rings. The zero-order chi connectivity index (χ0) is 19.4. The Kier molecular flexibility index (Phi) is 7.05. The van der Waals surface area contributed by atoms with E-state index in [4.69, 9.17) is 13.9 Å². The quantitative estimate of drug-likeness (QED) is 0.586. The van der Waals surface area contributed by atoms with Gasteiger partial charge in [0.2, 0.25) is 8.32 Å². The Morgan fingerprint density at radius 1 is 1.16 bits per heavy atom. The van der Waals surface area contributed by atoms with E-state index in [2.05, 4.69) is 38.6 Å². The number of carbonyl (C=O) groups excluding carboxylic acids is 1. The molecule has 0 heterocycles. The lowest BCUT2D eigenvalue weighted by atomic mass is 10.0. The van der Waals surface area contributed by atoms with Gasteiger partial charge in [-0.3, -0.25) is 0 Å². The predicted octanol–water partition coefficient (Wildman–Crippen LogP) is 3.30. The second-order valence-electron chi connectivity index (χ2n) is 7.39.